The minimum atomic E-state index is -4.59. The van der Waals surface area contributed by atoms with Crippen molar-refractivity contribution in [1.82, 2.24) is 19.9 Å². The Morgan fingerprint density at radius 3 is 2.45 bits per heavy atom. The summed E-state index contributed by atoms with van der Waals surface area (Å²) in [6.07, 6.45) is 1.52. The Balaban J connectivity index is 1.40. The summed E-state index contributed by atoms with van der Waals surface area (Å²) in [6, 6.07) is 17.2. The fraction of sp³-hybridized carbons (Fsp3) is 0.250. The van der Waals surface area contributed by atoms with Gasteiger partial charge in [0.1, 0.15) is 5.52 Å². The highest BCUT2D eigenvalue weighted by atomic mass is 19.4. The number of pyridine rings is 3. The van der Waals surface area contributed by atoms with Crippen LogP contribution in [0.2, 0.25) is 0 Å². The summed E-state index contributed by atoms with van der Waals surface area (Å²) >= 11 is 0. The summed E-state index contributed by atoms with van der Waals surface area (Å²) in [4.78, 5) is 32.3. The van der Waals surface area contributed by atoms with Crippen molar-refractivity contribution in [3.8, 4) is 11.3 Å². The molecule has 0 atom stereocenters. The van der Waals surface area contributed by atoms with Crippen LogP contribution in [-0.2, 0) is 12.7 Å². The molecule has 7 rings (SSSR count). The first kappa shape index (κ1) is 26.2. The SMILES string of the molecule is CN1Cc2cnc3ccc(-c4cnc5ccccc5c4)nc3c2N(c2ccc(N3CCCCC3)c(C(F)(F)F)c2)C1=O. The topological polar surface area (TPSA) is 65.5 Å². The molecular weight excluding hydrogens is 541 g/mol. The third-order valence-electron chi connectivity index (χ3n) is 8.04. The maximum Gasteiger partial charge on any atom is 0.418 e. The molecule has 212 valence electrons. The Morgan fingerprint density at radius 1 is 0.857 bits per heavy atom. The molecule has 0 unspecified atom stereocenters. The van der Waals surface area contributed by atoms with E-state index < -0.39 is 17.8 Å². The van der Waals surface area contributed by atoms with Crippen molar-refractivity contribution < 1.29 is 18.0 Å². The second kappa shape index (κ2) is 9.97. The summed E-state index contributed by atoms with van der Waals surface area (Å²) in [5, 5.41) is 0.956. The molecule has 0 radical (unpaired) electrons. The zero-order valence-corrected chi connectivity index (χ0v) is 22.9. The molecule has 0 saturated carbocycles. The number of carbonyl (C=O) groups is 1. The average molecular weight is 569 g/mol. The van der Waals surface area contributed by atoms with Crippen molar-refractivity contribution in [2.24, 2.45) is 0 Å². The van der Waals surface area contributed by atoms with E-state index in [1.54, 1.807) is 30.4 Å². The second-order valence-electron chi connectivity index (χ2n) is 10.8. The lowest BCUT2D eigenvalue weighted by molar-refractivity contribution is -0.137. The lowest BCUT2D eigenvalue weighted by Gasteiger charge is -2.36. The fourth-order valence-corrected chi connectivity index (χ4v) is 5.96. The number of alkyl halides is 3. The van der Waals surface area contributed by atoms with E-state index in [1.165, 1.54) is 15.9 Å². The normalized spacial score (nSPS) is 15.9. The van der Waals surface area contributed by atoms with Gasteiger partial charge in [-0.1, -0.05) is 18.2 Å². The van der Waals surface area contributed by atoms with Gasteiger partial charge in [-0.15, -0.1) is 0 Å². The van der Waals surface area contributed by atoms with Crippen LogP contribution in [0.15, 0.2) is 73.1 Å². The number of carbonyl (C=O) groups excluding carboxylic acids is 1. The molecule has 0 spiro atoms. The number of fused-ring (bicyclic) bond motifs is 4. The highest BCUT2D eigenvalue weighted by Gasteiger charge is 2.38. The van der Waals surface area contributed by atoms with Crippen LogP contribution in [0.1, 0.15) is 30.4 Å². The van der Waals surface area contributed by atoms with Gasteiger partial charge in [-0.25, -0.2) is 9.78 Å². The molecular formula is C32H27F3N6O. The number of halogens is 3. The Bertz CT molecular complexity index is 1850. The molecule has 7 nitrogen and oxygen atoms in total. The van der Waals surface area contributed by atoms with Crippen molar-refractivity contribution in [2.45, 2.75) is 32.0 Å². The van der Waals surface area contributed by atoms with Crippen LogP contribution in [0, 0.1) is 0 Å². The fourth-order valence-electron chi connectivity index (χ4n) is 5.96. The molecule has 2 aromatic carbocycles. The lowest BCUT2D eigenvalue weighted by Crippen LogP contribution is -2.43. The maximum absolute atomic E-state index is 14.5. The first-order valence-electron chi connectivity index (χ1n) is 13.9. The third-order valence-corrected chi connectivity index (χ3v) is 8.04. The van der Waals surface area contributed by atoms with Gasteiger partial charge in [0.05, 0.1) is 40.2 Å². The zero-order valence-electron chi connectivity index (χ0n) is 22.9. The predicted molar refractivity (Wildman–Crippen MR) is 157 cm³/mol. The number of nitrogens with zero attached hydrogens (tertiary/aromatic N) is 6. The van der Waals surface area contributed by atoms with Gasteiger partial charge in [0.25, 0.3) is 0 Å². The van der Waals surface area contributed by atoms with Gasteiger partial charge in [-0.05, 0) is 61.7 Å². The van der Waals surface area contributed by atoms with Crippen LogP contribution >= 0.6 is 0 Å². The number of rotatable bonds is 3. The third kappa shape index (κ3) is 4.47. The van der Waals surface area contributed by atoms with Gasteiger partial charge in [-0.2, -0.15) is 13.2 Å². The number of benzene rings is 2. The largest absolute Gasteiger partial charge is 0.418 e. The molecule has 1 fully saturated rings. The minimum Gasteiger partial charge on any atom is -0.371 e. The predicted octanol–water partition coefficient (Wildman–Crippen LogP) is 7.56. The van der Waals surface area contributed by atoms with Crippen molar-refractivity contribution >= 4 is 45.0 Å². The van der Waals surface area contributed by atoms with Gasteiger partial charge < -0.3 is 9.80 Å². The van der Waals surface area contributed by atoms with E-state index in [1.807, 2.05) is 42.5 Å². The smallest absolute Gasteiger partial charge is 0.371 e. The van der Waals surface area contributed by atoms with Gasteiger partial charge in [0.15, 0.2) is 0 Å². The Hall–Kier alpha value is -4.73. The molecule has 2 aliphatic heterocycles. The summed E-state index contributed by atoms with van der Waals surface area (Å²) in [6.45, 7) is 1.40. The number of hydrogen-bond acceptors (Lipinski definition) is 5. The van der Waals surface area contributed by atoms with Crippen molar-refractivity contribution in [3.63, 3.8) is 0 Å². The molecule has 10 heteroatoms. The van der Waals surface area contributed by atoms with Crippen LogP contribution in [0.4, 0.5) is 35.0 Å². The molecule has 0 N–H and O–H groups in total. The van der Waals surface area contributed by atoms with Crippen LogP contribution in [0.3, 0.4) is 0 Å². The summed E-state index contributed by atoms with van der Waals surface area (Å²) < 4.78 is 43.4. The number of hydrogen-bond donors (Lipinski definition) is 0. The van der Waals surface area contributed by atoms with Crippen LogP contribution in [0.5, 0.6) is 0 Å². The Kier molecular flexibility index (Phi) is 6.22. The van der Waals surface area contributed by atoms with Crippen LogP contribution < -0.4 is 9.80 Å². The molecule has 5 aromatic rings. The first-order valence-corrected chi connectivity index (χ1v) is 13.9. The van der Waals surface area contributed by atoms with Crippen molar-refractivity contribution in [1.29, 1.82) is 0 Å². The van der Waals surface area contributed by atoms with Crippen LogP contribution in [-0.4, -0.2) is 46.0 Å². The van der Waals surface area contributed by atoms with Gasteiger partial charge in [0, 0.05) is 54.7 Å². The average Bonchev–Trinajstić information content (AvgIpc) is 3.01. The molecule has 42 heavy (non-hydrogen) atoms. The number of anilines is 3. The standard InChI is InChI=1S/C32H27F3N6O/c1-39-19-22-18-37-27-11-10-26(21-15-20-7-3-4-8-25(20)36-17-21)38-29(27)30(22)41(31(39)42)23-9-12-28(24(16-23)32(33,34)35)40-13-5-2-6-14-40/h3-4,7-12,15-18H,2,5-6,13-14,19H2,1H3. The van der Waals surface area contributed by atoms with Gasteiger partial charge in [-0.3, -0.25) is 14.9 Å². The summed E-state index contributed by atoms with van der Waals surface area (Å²) in [7, 11) is 1.62. The highest BCUT2D eigenvalue weighted by Crippen LogP contribution is 2.44. The van der Waals surface area contributed by atoms with Crippen LogP contribution in [0.25, 0.3) is 33.2 Å². The first-order chi connectivity index (χ1) is 20.3. The van der Waals surface area contributed by atoms with Gasteiger partial charge >= 0.3 is 12.2 Å². The number of urea groups is 1. The Morgan fingerprint density at radius 2 is 1.64 bits per heavy atom. The molecule has 5 heterocycles. The summed E-state index contributed by atoms with van der Waals surface area (Å²) in [5.74, 6) is 0. The summed E-state index contributed by atoms with van der Waals surface area (Å²) in [5.41, 5.74) is 3.90. The second-order valence-corrected chi connectivity index (χ2v) is 10.8. The number of amides is 2. The lowest BCUT2D eigenvalue weighted by atomic mass is 10.0. The van der Waals surface area contributed by atoms with E-state index in [9.17, 15) is 18.0 Å². The van der Waals surface area contributed by atoms with E-state index in [-0.39, 0.29) is 17.9 Å². The van der Waals surface area contributed by atoms with E-state index >= 15 is 0 Å². The van der Waals surface area contributed by atoms with E-state index in [2.05, 4.69) is 9.97 Å². The number of piperidine rings is 1. The molecule has 0 aliphatic carbocycles. The molecule has 3 aromatic heterocycles. The van der Waals surface area contributed by atoms with E-state index in [0.29, 0.717) is 41.1 Å². The quantitative estimate of drug-likeness (QED) is 0.225. The molecule has 1 saturated heterocycles. The van der Waals surface area contributed by atoms with Gasteiger partial charge in [0.2, 0.25) is 0 Å². The monoisotopic (exact) mass is 568 g/mol. The molecule has 2 aliphatic rings. The Labute approximate surface area is 240 Å². The zero-order chi connectivity index (χ0) is 29.0. The van der Waals surface area contributed by atoms with Crippen molar-refractivity contribution in [3.05, 3.63) is 84.2 Å². The highest BCUT2D eigenvalue weighted by molar-refractivity contribution is 6.08. The van der Waals surface area contributed by atoms with E-state index in [4.69, 9.17) is 4.98 Å². The number of para-hydroxylation sites is 1. The molecule has 2 amide bonds. The van der Waals surface area contributed by atoms with E-state index in [0.717, 1.165) is 41.8 Å². The minimum absolute atomic E-state index is 0.132. The molecule has 0 bridgehead atoms. The number of aromatic nitrogens is 3. The van der Waals surface area contributed by atoms with Crippen molar-refractivity contribution in [2.75, 3.05) is 29.9 Å². The maximum atomic E-state index is 14.5.